The number of aromatic nitrogens is 2. The van der Waals surface area contributed by atoms with Crippen LogP contribution in [-0.2, 0) is 0 Å². The lowest BCUT2D eigenvalue weighted by Crippen LogP contribution is -1.86. The van der Waals surface area contributed by atoms with Crippen LogP contribution in [0.2, 0.25) is 0 Å². The minimum Gasteiger partial charge on any atom is -0.158 e. The molecule has 0 spiro atoms. The zero-order chi connectivity index (χ0) is 12.2. The van der Waals surface area contributed by atoms with Crippen molar-refractivity contribution in [2.75, 3.05) is 0 Å². The van der Waals surface area contributed by atoms with E-state index in [0.29, 0.717) is 0 Å². The largest absolute Gasteiger partial charge is 0.158 e. The molecule has 0 bridgehead atoms. The summed E-state index contributed by atoms with van der Waals surface area (Å²) in [4.78, 5) is 0. The highest BCUT2D eigenvalue weighted by atomic mass is 15.1. The van der Waals surface area contributed by atoms with Crippen LogP contribution in [0.25, 0.3) is 23.1 Å². The average Bonchev–Trinajstić information content (AvgIpc) is 2.46. The van der Waals surface area contributed by atoms with Crippen LogP contribution >= 0.6 is 0 Å². The molecule has 1 aromatic heterocycles. The second-order valence-electron chi connectivity index (χ2n) is 4.06. The summed E-state index contributed by atoms with van der Waals surface area (Å²) in [5, 5.41) is 9.26. The predicted octanol–water partition coefficient (Wildman–Crippen LogP) is 3.80. The minimum atomic E-state index is 0.924. The molecule has 0 atom stereocenters. The molecule has 0 radical (unpaired) electrons. The summed E-state index contributed by atoms with van der Waals surface area (Å²) in [5.41, 5.74) is 3.19. The molecule has 0 aliphatic carbocycles. The molecule has 0 aliphatic rings. The first kappa shape index (κ1) is 10.7. The van der Waals surface area contributed by atoms with Crippen molar-refractivity contribution in [2.45, 2.75) is 0 Å². The van der Waals surface area contributed by atoms with E-state index in [0.717, 1.165) is 16.5 Å². The van der Waals surface area contributed by atoms with Crippen LogP contribution in [0.15, 0.2) is 60.8 Å². The van der Waals surface area contributed by atoms with Crippen LogP contribution in [0, 0.1) is 0 Å². The molecular weight excluding hydrogens is 220 g/mol. The van der Waals surface area contributed by atoms with E-state index in [2.05, 4.69) is 40.5 Å². The highest BCUT2D eigenvalue weighted by Gasteiger charge is 1.98. The molecule has 1 heterocycles. The Morgan fingerprint density at radius 2 is 1.56 bits per heavy atom. The van der Waals surface area contributed by atoms with Crippen molar-refractivity contribution in [3.05, 3.63) is 71.9 Å². The van der Waals surface area contributed by atoms with E-state index < -0.39 is 0 Å². The van der Waals surface area contributed by atoms with Gasteiger partial charge in [0.25, 0.3) is 0 Å². The number of hydrogen-bond acceptors (Lipinski definition) is 2. The fraction of sp³-hybridized carbons (Fsp3) is 0. The third-order valence-corrected chi connectivity index (χ3v) is 2.83. The van der Waals surface area contributed by atoms with Gasteiger partial charge in [-0.2, -0.15) is 10.2 Å². The van der Waals surface area contributed by atoms with Gasteiger partial charge in [0.2, 0.25) is 0 Å². The van der Waals surface area contributed by atoms with Crippen molar-refractivity contribution in [3.8, 4) is 0 Å². The lowest BCUT2D eigenvalue weighted by atomic mass is 10.1. The van der Waals surface area contributed by atoms with E-state index in [1.165, 1.54) is 5.56 Å². The molecule has 0 amide bonds. The highest BCUT2D eigenvalue weighted by molar-refractivity contribution is 5.89. The van der Waals surface area contributed by atoms with E-state index >= 15 is 0 Å². The molecule has 2 nitrogen and oxygen atoms in total. The molecule has 2 aromatic carbocycles. The molecule has 18 heavy (non-hydrogen) atoms. The van der Waals surface area contributed by atoms with Crippen LogP contribution in [0.1, 0.15) is 11.1 Å². The Hall–Kier alpha value is -2.48. The van der Waals surface area contributed by atoms with Gasteiger partial charge in [0, 0.05) is 10.9 Å². The van der Waals surface area contributed by atoms with Crippen LogP contribution < -0.4 is 0 Å². The van der Waals surface area contributed by atoms with Gasteiger partial charge in [0.05, 0.1) is 11.7 Å². The Morgan fingerprint density at radius 3 is 2.44 bits per heavy atom. The Kier molecular flexibility index (Phi) is 2.84. The Balaban J connectivity index is 2.03. The van der Waals surface area contributed by atoms with Gasteiger partial charge in [-0.15, -0.1) is 0 Å². The first-order valence-electron chi connectivity index (χ1n) is 5.87. The van der Waals surface area contributed by atoms with Crippen molar-refractivity contribution in [1.82, 2.24) is 10.2 Å². The van der Waals surface area contributed by atoms with E-state index in [1.807, 2.05) is 36.4 Å². The number of benzene rings is 2. The third-order valence-electron chi connectivity index (χ3n) is 2.83. The highest BCUT2D eigenvalue weighted by Crippen LogP contribution is 2.17. The Labute approximate surface area is 106 Å². The van der Waals surface area contributed by atoms with Crippen molar-refractivity contribution >= 4 is 23.1 Å². The SMILES string of the molecule is C(=Cc1cnnc2ccccc12)c1ccccc1. The molecule has 3 rings (SSSR count). The minimum absolute atomic E-state index is 0.924. The summed E-state index contributed by atoms with van der Waals surface area (Å²) in [7, 11) is 0. The summed E-state index contributed by atoms with van der Waals surface area (Å²) < 4.78 is 0. The van der Waals surface area contributed by atoms with Crippen LogP contribution in [0.4, 0.5) is 0 Å². The second-order valence-corrected chi connectivity index (χ2v) is 4.06. The van der Waals surface area contributed by atoms with Gasteiger partial charge < -0.3 is 0 Å². The van der Waals surface area contributed by atoms with Crippen LogP contribution in [0.3, 0.4) is 0 Å². The van der Waals surface area contributed by atoms with Crippen molar-refractivity contribution in [2.24, 2.45) is 0 Å². The zero-order valence-electron chi connectivity index (χ0n) is 9.82. The smallest absolute Gasteiger partial charge is 0.0935 e. The molecule has 0 fully saturated rings. The molecule has 2 heteroatoms. The quantitative estimate of drug-likeness (QED) is 0.671. The monoisotopic (exact) mass is 232 g/mol. The van der Waals surface area contributed by atoms with E-state index in [-0.39, 0.29) is 0 Å². The van der Waals surface area contributed by atoms with Gasteiger partial charge >= 0.3 is 0 Å². The van der Waals surface area contributed by atoms with Crippen molar-refractivity contribution in [3.63, 3.8) is 0 Å². The normalized spacial score (nSPS) is 11.1. The second kappa shape index (κ2) is 4.80. The Morgan fingerprint density at radius 1 is 0.778 bits per heavy atom. The van der Waals surface area contributed by atoms with Gasteiger partial charge in [-0.25, -0.2) is 0 Å². The molecule has 0 unspecified atom stereocenters. The maximum absolute atomic E-state index is 4.11. The fourth-order valence-electron chi connectivity index (χ4n) is 1.91. The van der Waals surface area contributed by atoms with E-state index in [4.69, 9.17) is 0 Å². The van der Waals surface area contributed by atoms with Gasteiger partial charge in [-0.05, 0) is 11.6 Å². The number of nitrogens with zero attached hydrogens (tertiary/aromatic N) is 2. The van der Waals surface area contributed by atoms with Crippen molar-refractivity contribution < 1.29 is 0 Å². The lowest BCUT2D eigenvalue weighted by molar-refractivity contribution is 1.07. The molecule has 0 N–H and O–H groups in total. The van der Waals surface area contributed by atoms with Gasteiger partial charge in [-0.3, -0.25) is 0 Å². The fourth-order valence-corrected chi connectivity index (χ4v) is 1.91. The predicted molar refractivity (Wildman–Crippen MR) is 74.9 cm³/mol. The number of fused-ring (bicyclic) bond motifs is 1. The van der Waals surface area contributed by atoms with Crippen LogP contribution in [-0.4, -0.2) is 10.2 Å². The summed E-state index contributed by atoms with van der Waals surface area (Å²) in [5.74, 6) is 0. The standard InChI is InChI=1S/C16H12N2/c1-2-6-13(7-3-1)10-11-14-12-17-18-16-9-5-4-8-15(14)16/h1-12H. The van der Waals surface area contributed by atoms with E-state index in [1.54, 1.807) is 6.20 Å². The summed E-state index contributed by atoms with van der Waals surface area (Å²) in [6, 6.07) is 18.3. The molecular formula is C16H12N2. The summed E-state index contributed by atoms with van der Waals surface area (Å²) >= 11 is 0. The maximum atomic E-state index is 4.11. The summed E-state index contributed by atoms with van der Waals surface area (Å²) in [6.45, 7) is 0. The zero-order valence-corrected chi connectivity index (χ0v) is 9.82. The topological polar surface area (TPSA) is 25.8 Å². The lowest BCUT2D eigenvalue weighted by Gasteiger charge is -1.99. The van der Waals surface area contributed by atoms with Gasteiger partial charge in [0.15, 0.2) is 0 Å². The maximum Gasteiger partial charge on any atom is 0.0935 e. The van der Waals surface area contributed by atoms with Gasteiger partial charge in [-0.1, -0.05) is 60.7 Å². The average molecular weight is 232 g/mol. The molecule has 0 aliphatic heterocycles. The summed E-state index contributed by atoms with van der Waals surface area (Å²) in [6.07, 6.45) is 5.96. The molecule has 3 aromatic rings. The first-order valence-corrected chi connectivity index (χ1v) is 5.87. The first-order chi connectivity index (χ1) is 8.93. The molecule has 0 saturated heterocycles. The molecule has 86 valence electrons. The molecule has 0 saturated carbocycles. The van der Waals surface area contributed by atoms with Gasteiger partial charge in [0.1, 0.15) is 0 Å². The van der Waals surface area contributed by atoms with Crippen LogP contribution in [0.5, 0.6) is 0 Å². The third kappa shape index (κ3) is 2.13. The number of hydrogen-bond donors (Lipinski definition) is 0. The van der Waals surface area contributed by atoms with Crippen molar-refractivity contribution in [1.29, 1.82) is 0 Å². The Bertz CT molecular complexity index is 682. The van der Waals surface area contributed by atoms with E-state index in [9.17, 15) is 0 Å². The number of rotatable bonds is 2.